The van der Waals surface area contributed by atoms with Crippen molar-refractivity contribution >= 4 is 56.5 Å². The standard InChI is InChI=1S/C19H13Cl2FN4O4S/c20-14-5-3-6-16(22)13(14)11-23-24-18-9-8-12(26(27)28)10-19(18)31(29,30)25-17-7-2-1-4-15(17)21/h1-11,24-25H/b23-11-. The van der Waals surface area contributed by atoms with Crippen LogP contribution in [0.15, 0.2) is 70.7 Å². The Kier molecular flexibility index (Phi) is 6.74. The van der Waals surface area contributed by atoms with Gasteiger partial charge in [-0.25, -0.2) is 12.8 Å². The van der Waals surface area contributed by atoms with Gasteiger partial charge in [0, 0.05) is 17.7 Å². The molecule has 0 aliphatic carbocycles. The molecule has 31 heavy (non-hydrogen) atoms. The number of para-hydroxylation sites is 1. The molecule has 0 amide bonds. The van der Waals surface area contributed by atoms with Crippen LogP contribution in [0.4, 0.5) is 21.5 Å². The molecule has 0 saturated carbocycles. The molecule has 3 rings (SSSR count). The van der Waals surface area contributed by atoms with Gasteiger partial charge in [-0.15, -0.1) is 0 Å². The first kappa shape index (κ1) is 22.5. The largest absolute Gasteiger partial charge is 0.278 e. The summed E-state index contributed by atoms with van der Waals surface area (Å²) in [7, 11) is -4.31. The van der Waals surface area contributed by atoms with Gasteiger partial charge in [0.15, 0.2) is 0 Å². The van der Waals surface area contributed by atoms with Crippen LogP contribution in [-0.2, 0) is 10.0 Å². The lowest BCUT2D eigenvalue weighted by molar-refractivity contribution is -0.385. The minimum Gasteiger partial charge on any atom is -0.278 e. The number of non-ortho nitro benzene ring substituents is 1. The summed E-state index contributed by atoms with van der Waals surface area (Å²) >= 11 is 11.9. The smallest absolute Gasteiger partial charge is 0.270 e. The molecule has 0 radical (unpaired) electrons. The molecule has 0 heterocycles. The maximum atomic E-state index is 13.9. The molecule has 0 aliphatic heterocycles. The SMILES string of the molecule is O=[N+]([O-])c1ccc(N/N=C\c2c(F)cccc2Cl)c(S(=O)(=O)Nc2ccccc2Cl)c1. The quantitative estimate of drug-likeness (QED) is 0.269. The molecule has 0 fully saturated rings. The normalized spacial score (nSPS) is 11.5. The number of hydrogen-bond donors (Lipinski definition) is 2. The van der Waals surface area contributed by atoms with Crippen molar-refractivity contribution in [2.24, 2.45) is 5.10 Å². The van der Waals surface area contributed by atoms with Crippen molar-refractivity contribution in [3.8, 4) is 0 Å². The van der Waals surface area contributed by atoms with E-state index in [2.05, 4.69) is 15.2 Å². The average molecular weight is 483 g/mol. The van der Waals surface area contributed by atoms with Gasteiger partial charge in [-0.3, -0.25) is 20.3 Å². The third-order valence-corrected chi connectivity index (χ3v) is 6.03. The lowest BCUT2D eigenvalue weighted by atomic mass is 10.2. The summed E-state index contributed by atoms with van der Waals surface area (Å²) in [6.07, 6.45) is 1.07. The van der Waals surface area contributed by atoms with Gasteiger partial charge in [0.2, 0.25) is 0 Å². The fraction of sp³-hybridized carbons (Fsp3) is 0. The van der Waals surface area contributed by atoms with E-state index in [9.17, 15) is 22.9 Å². The highest BCUT2D eigenvalue weighted by atomic mass is 35.5. The van der Waals surface area contributed by atoms with Gasteiger partial charge >= 0.3 is 0 Å². The number of anilines is 2. The predicted octanol–water partition coefficient (Wildman–Crippen LogP) is 5.29. The van der Waals surface area contributed by atoms with Crippen molar-refractivity contribution < 1.29 is 17.7 Å². The maximum absolute atomic E-state index is 13.9. The molecule has 2 N–H and O–H groups in total. The summed E-state index contributed by atoms with van der Waals surface area (Å²) in [4.78, 5) is 9.95. The van der Waals surface area contributed by atoms with Gasteiger partial charge in [0.25, 0.3) is 15.7 Å². The molecule has 0 aliphatic rings. The monoisotopic (exact) mass is 482 g/mol. The molecule has 160 valence electrons. The first-order chi connectivity index (χ1) is 14.7. The fourth-order valence-electron chi connectivity index (χ4n) is 2.48. The summed E-state index contributed by atoms with van der Waals surface area (Å²) in [5, 5.41) is 15.2. The second kappa shape index (κ2) is 9.29. The van der Waals surface area contributed by atoms with E-state index in [-0.39, 0.29) is 27.0 Å². The van der Waals surface area contributed by atoms with Crippen LogP contribution in [-0.4, -0.2) is 19.6 Å². The van der Waals surface area contributed by atoms with Crippen LogP contribution in [0.25, 0.3) is 0 Å². The van der Waals surface area contributed by atoms with Gasteiger partial charge < -0.3 is 0 Å². The Morgan fingerprint density at radius 3 is 2.39 bits per heavy atom. The Hall–Kier alpha value is -3.21. The number of sulfonamides is 1. The van der Waals surface area contributed by atoms with Crippen LogP contribution in [0.2, 0.25) is 10.0 Å². The average Bonchev–Trinajstić information content (AvgIpc) is 2.71. The molecule has 0 aromatic heterocycles. The van der Waals surface area contributed by atoms with Crippen molar-refractivity contribution in [3.05, 3.63) is 92.2 Å². The van der Waals surface area contributed by atoms with Crippen molar-refractivity contribution in [3.63, 3.8) is 0 Å². The molecule has 12 heteroatoms. The number of benzene rings is 3. The minimum atomic E-state index is -4.31. The first-order valence-corrected chi connectivity index (χ1v) is 10.7. The molecule has 0 saturated heterocycles. The number of halogens is 3. The van der Waals surface area contributed by atoms with E-state index in [0.717, 1.165) is 18.3 Å². The van der Waals surface area contributed by atoms with E-state index in [0.29, 0.717) is 0 Å². The van der Waals surface area contributed by atoms with E-state index < -0.39 is 31.3 Å². The molecule has 0 bridgehead atoms. The van der Waals surface area contributed by atoms with E-state index in [1.807, 2.05) is 0 Å². The second-order valence-corrected chi connectivity index (χ2v) is 8.49. The van der Waals surface area contributed by atoms with E-state index in [1.165, 1.54) is 36.4 Å². The van der Waals surface area contributed by atoms with Crippen LogP contribution in [0.5, 0.6) is 0 Å². The lowest BCUT2D eigenvalue weighted by Gasteiger charge is -2.13. The molecule has 3 aromatic rings. The van der Waals surface area contributed by atoms with Crippen LogP contribution in [0.3, 0.4) is 0 Å². The van der Waals surface area contributed by atoms with Gasteiger partial charge in [-0.05, 0) is 30.3 Å². The number of nitrogens with zero attached hydrogens (tertiary/aromatic N) is 2. The highest BCUT2D eigenvalue weighted by molar-refractivity contribution is 7.93. The summed E-state index contributed by atoms with van der Waals surface area (Å²) in [6.45, 7) is 0. The summed E-state index contributed by atoms with van der Waals surface area (Å²) in [5.74, 6) is -0.630. The van der Waals surface area contributed by atoms with Crippen LogP contribution >= 0.6 is 23.2 Å². The zero-order valence-corrected chi connectivity index (χ0v) is 17.7. The summed E-state index contributed by atoms with van der Waals surface area (Å²) in [5.41, 5.74) is 1.99. The van der Waals surface area contributed by atoms with Gasteiger partial charge in [-0.2, -0.15) is 5.10 Å². The number of hydrogen-bond acceptors (Lipinski definition) is 6. The predicted molar refractivity (Wildman–Crippen MR) is 118 cm³/mol. The zero-order valence-electron chi connectivity index (χ0n) is 15.4. The second-order valence-electron chi connectivity index (χ2n) is 6.03. The maximum Gasteiger partial charge on any atom is 0.270 e. The third-order valence-electron chi connectivity index (χ3n) is 3.96. The Morgan fingerprint density at radius 2 is 1.71 bits per heavy atom. The highest BCUT2D eigenvalue weighted by Gasteiger charge is 2.23. The summed E-state index contributed by atoms with van der Waals surface area (Å²) in [6, 6.07) is 13.3. The van der Waals surface area contributed by atoms with Crippen LogP contribution in [0, 0.1) is 15.9 Å². The molecular weight excluding hydrogens is 470 g/mol. The van der Waals surface area contributed by atoms with Crippen molar-refractivity contribution in [1.82, 2.24) is 0 Å². The van der Waals surface area contributed by atoms with Crippen LogP contribution < -0.4 is 10.1 Å². The first-order valence-electron chi connectivity index (χ1n) is 8.48. The van der Waals surface area contributed by atoms with Crippen molar-refractivity contribution in [1.29, 1.82) is 0 Å². The topological polar surface area (TPSA) is 114 Å². The van der Waals surface area contributed by atoms with E-state index >= 15 is 0 Å². The fourth-order valence-corrected chi connectivity index (χ4v) is 4.19. The zero-order chi connectivity index (χ0) is 22.6. The number of nitro benzene ring substituents is 1. The number of hydrazone groups is 1. The van der Waals surface area contributed by atoms with Gasteiger partial charge in [0.1, 0.15) is 10.7 Å². The Bertz CT molecular complexity index is 1270. The van der Waals surface area contributed by atoms with Crippen molar-refractivity contribution in [2.75, 3.05) is 10.1 Å². The Morgan fingerprint density at radius 1 is 1.00 bits per heavy atom. The lowest BCUT2D eigenvalue weighted by Crippen LogP contribution is -2.15. The molecule has 8 nitrogen and oxygen atoms in total. The molecule has 0 unspecified atom stereocenters. The van der Waals surface area contributed by atoms with Crippen molar-refractivity contribution in [2.45, 2.75) is 4.90 Å². The molecular formula is C19H13Cl2FN4O4S. The van der Waals surface area contributed by atoms with Crippen LogP contribution in [0.1, 0.15) is 5.56 Å². The number of nitrogens with one attached hydrogen (secondary N) is 2. The highest BCUT2D eigenvalue weighted by Crippen LogP contribution is 2.30. The molecule has 0 atom stereocenters. The Labute approximate surface area is 186 Å². The van der Waals surface area contributed by atoms with Gasteiger partial charge in [-0.1, -0.05) is 41.4 Å². The Balaban J connectivity index is 1.99. The van der Waals surface area contributed by atoms with E-state index in [1.54, 1.807) is 12.1 Å². The number of nitro groups is 1. The van der Waals surface area contributed by atoms with E-state index in [4.69, 9.17) is 23.2 Å². The minimum absolute atomic E-state index is 0.0165. The third kappa shape index (κ3) is 5.29. The number of rotatable bonds is 7. The molecule has 0 spiro atoms. The van der Waals surface area contributed by atoms with Gasteiger partial charge in [0.05, 0.1) is 32.6 Å². The molecule has 3 aromatic carbocycles. The summed E-state index contributed by atoms with van der Waals surface area (Å²) < 4.78 is 42.0.